The largest absolute Gasteiger partial charge is 0.313 e. The molecular formula is C13H16N2O. The van der Waals surface area contributed by atoms with E-state index in [1.165, 1.54) is 31.2 Å². The van der Waals surface area contributed by atoms with Crippen LogP contribution < -0.4 is 5.56 Å². The summed E-state index contributed by atoms with van der Waals surface area (Å²) in [6.45, 7) is 2.20. The van der Waals surface area contributed by atoms with Crippen molar-refractivity contribution in [2.45, 2.75) is 32.6 Å². The molecule has 16 heavy (non-hydrogen) atoms. The maximum atomic E-state index is 11.5. The number of benzene rings is 1. The van der Waals surface area contributed by atoms with Crippen LogP contribution in [0.1, 0.15) is 31.7 Å². The average Bonchev–Trinajstić information content (AvgIpc) is 2.30. The summed E-state index contributed by atoms with van der Waals surface area (Å²) in [7, 11) is 0. The van der Waals surface area contributed by atoms with E-state index in [-0.39, 0.29) is 5.56 Å². The highest BCUT2D eigenvalue weighted by atomic mass is 16.1. The number of unbranched alkanes of at least 4 members (excludes halogenated alkanes) is 2. The molecule has 0 aliphatic rings. The maximum Gasteiger partial charge on any atom is 0.258 e. The van der Waals surface area contributed by atoms with Crippen molar-refractivity contribution < 1.29 is 0 Å². The molecule has 0 spiro atoms. The number of nitrogens with one attached hydrogen (secondary N) is 1. The second-order valence-electron chi connectivity index (χ2n) is 4.04. The van der Waals surface area contributed by atoms with Gasteiger partial charge in [0, 0.05) is 0 Å². The van der Waals surface area contributed by atoms with Crippen molar-refractivity contribution in [1.29, 1.82) is 0 Å². The molecule has 3 nitrogen and oxygen atoms in total. The molecule has 1 heterocycles. The minimum atomic E-state index is -0.0647. The van der Waals surface area contributed by atoms with Crippen molar-refractivity contribution in [3.05, 3.63) is 40.4 Å². The van der Waals surface area contributed by atoms with Crippen LogP contribution in [-0.2, 0) is 6.42 Å². The number of H-pyrrole nitrogens is 1. The summed E-state index contributed by atoms with van der Waals surface area (Å²) in [6.07, 6.45) is 6.20. The number of aromatic amines is 1. The van der Waals surface area contributed by atoms with Gasteiger partial charge in [-0.3, -0.25) is 4.79 Å². The van der Waals surface area contributed by atoms with Crippen LogP contribution in [0, 0.1) is 0 Å². The first-order chi connectivity index (χ1) is 7.81. The molecule has 0 atom stereocenters. The molecule has 0 saturated carbocycles. The zero-order valence-corrected chi connectivity index (χ0v) is 9.49. The molecule has 0 amide bonds. The number of rotatable bonds is 4. The van der Waals surface area contributed by atoms with E-state index >= 15 is 0 Å². The van der Waals surface area contributed by atoms with Crippen LogP contribution in [-0.4, -0.2) is 9.97 Å². The molecule has 0 fully saturated rings. The monoisotopic (exact) mass is 216 g/mol. The van der Waals surface area contributed by atoms with E-state index < -0.39 is 0 Å². The smallest absolute Gasteiger partial charge is 0.258 e. The molecule has 0 saturated heterocycles. The van der Waals surface area contributed by atoms with Crippen LogP contribution in [0.4, 0.5) is 0 Å². The average molecular weight is 216 g/mol. The number of aromatic nitrogens is 2. The second kappa shape index (κ2) is 4.92. The Bertz CT molecular complexity index is 531. The van der Waals surface area contributed by atoms with Gasteiger partial charge in [0.1, 0.15) is 0 Å². The topological polar surface area (TPSA) is 45.8 Å². The van der Waals surface area contributed by atoms with Crippen LogP contribution in [0.25, 0.3) is 10.9 Å². The Balaban J connectivity index is 2.27. The Hall–Kier alpha value is -1.64. The minimum Gasteiger partial charge on any atom is -0.313 e. The Kier molecular flexibility index (Phi) is 3.34. The first-order valence-corrected chi connectivity index (χ1v) is 5.77. The zero-order chi connectivity index (χ0) is 11.4. The Labute approximate surface area is 94.5 Å². The maximum absolute atomic E-state index is 11.5. The predicted molar refractivity (Wildman–Crippen MR) is 65.6 cm³/mol. The molecule has 0 unspecified atom stereocenters. The molecule has 2 aromatic rings. The van der Waals surface area contributed by atoms with Gasteiger partial charge in [0.15, 0.2) is 0 Å². The summed E-state index contributed by atoms with van der Waals surface area (Å²) in [5, 5.41) is 0.668. The number of nitrogens with zero attached hydrogens (tertiary/aromatic N) is 1. The summed E-state index contributed by atoms with van der Waals surface area (Å²) in [4.78, 5) is 18.2. The van der Waals surface area contributed by atoms with Gasteiger partial charge in [-0.15, -0.1) is 0 Å². The van der Waals surface area contributed by atoms with Gasteiger partial charge < -0.3 is 4.98 Å². The lowest BCUT2D eigenvalue weighted by atomic mass is 10.1. The molecule has 0 aliphatic heterocycles. The van der Waals surface area contributed by atoms with Crippen molar-refractivity contribution >= 4 is 10.9 Å². The fraction of sp³-hybridized carbons (Fsp3) is 0.385. The summed E-state index contributed by atoms with van der Waals surface area (Å²) >= 11 is 0. The van der Waals surface area contributed by atoms with E-state index in [0.29, 0.717) is 5.39 Å². The van der Waals surface area contributed by atoms with Crippen molar-refractivity contribution in [3.8, 4) is 0 Å². The lowest BCUT2D eigenvalue weighted by Crippen LogP contribution is -2.06. The highest BCUT2D eigenvalue weighted by molar-refractivity contribution is 5.77. The van der Waals surface area contributed by atoms with Gasteiger partial charge >= 0.3 is 0 Å². The fourth-order valence-corrected chi connectivity index (χ4v) is 1.85. The lowest BCUT2D eigenvalue weighted by molar-refractivity contribution is 0.718. The number of hydrogen-bond donors (Lipinski definition) is 1. The van der Waals surface area contributed by atoms with E-state index in [1.807, 2.05) is 18.2 Å². The predicted octanol–water partition coefficient (Wildman–Crippen LogP) is 2.66. The zero-order valence-electron chi connectivity index (χ0n) is 9.49. The van der Waals surface area contributed by atoms with Crippen molar-refractivity contribution in [2.24, 2.45) is 0 Å². The summed E-state index contributed by atoms with van der Waals surface area (Å²) in [5.41, 5.74) is 1.99. The first kappa shape index (κ1) is 10.9. The van der Waals surface area contributed by atoms with Gasteiger partial charge in [-0.05, 0) is 30.5 Å². The van der Waals surface area contributed by atoms with E-state index in [9.17, 15) is 4.79 Å². The van der Waals surface area contributed by atoms with Gasteiger partial charge in [0.2, 0.25) is 0 Å². The molecule has 1 aromatic heterocycles. The molecule has 1 aromatic carbocycles. The third-order valence-corrected chi connectivity index (χ3v) is 2.78. The van der Waals surface area contributed by atoms with Gasteiger partial charge in [0.05, 0.1) is 17.2 Å². The molecule has 84 valence electrons. The molecule has 0 aliphatic carbocycles. The van der Waals surface area contributed by atoms with E-state index in [2.05, 4.69) is 16.9 Å². The van der Waals surface area contributed by atoms with Gasteiger partial charge in [0.25, 0.3) is 5.56 Å². The molecule has 3 heteroatoms. The van der Waals surface area contributed by atoms with Crippen LogP contribution in [0.2, 0.25) is 0 Å². The summed E-state index contributed by atoms with van der Waals surface area (Å²) < 4.78 is 0. The molecular weight excluding hydrogens is 200 g/mol. The minimum absolute atomic E-state index is 0.0647. The number of hydrogen-bond acceptors (Lipinski definition) is 2. The van der Waals surface area contributed by atoms with Crippen LogP contribution in [0.5, 0.6) is 0 Å². The normalized spacial score (nSPS) is 10.8. The standard InChI is InChI=1S/C13H16N2O/c1-2-3-4-5-10-6-7-11-12(8-10)14-9-15-13(11)16/h6-9H,2-5H2,1H3,(H,14,15,16). The summed E-state index contributed by atoms with van der Waals surface area (Å²) in [6, 6.07) is 5.90. The van der Waals surface area contributed by atoms with Crippen molar-refractivity contribution in [1.82, 2.24) is 9.97 Å². The SMILES string of the molecule is CCCCCc1ccc2c(=O)[nH]cnc2c1. The lowest BCUT2D eigenvalue weighted by Gasteiger charge is -2.02. The van der Waals surface area contributed by atoms with E-state index in [0.717, 1.165) is 11.9 Å². The highest BCUT2D eigenvalue weighted by Gasteiger charge is 2.00. The van der Waals surface area contributed by atoms with Crippen molar-refractivity contribution in [2.75, 3.05) is 0 Å². The van der Waals surface area contributed by atoms with Crippen molar-refractivity contribution in [3.63, 3.8) is 0 Å². The van der Waals surface area contributed by atoms with Gasteiger partial charge in [-0.1, -0.05) is 25.8 Å². The fourth-order valence-electron chi connectivity index (χ4n) is 1.85. The van der Waals surface area contributed by atoms with E-state index in [1.54, 1.807) is 0 Å². The summed E-state index contributed by atoms with van der Waals surface area (Å²) in [5.74, 6) is 0. The molecule has 0 bridgehead atoms. The Morgan fingerprint density at radius 3 is 3.00 bits per heavy atom. The Morgan fingerprint density at radius 1 is 1.31 bits per heavy atom. The Morgan fingerprint density at radius 2 is 2.19 bits per heavy atom. The quantitative estimate of drug-likeness (QED) is 0.798. The third-order valence-electron chi connectivity index (χ3n) is 2.78. The number of aryl methyl sites for hydroxylation is 1. The number of fused-ring (bicyclic) bond motifs is 1. The van der Waals surface area contributed by atoms with Crippen LogP contribution >= 0.6 is 0 Å². The molecule has 2 rings (SSSR count). The highest BCUT2D eigenvalue weighted by Crippen LogP contribution is 2.12. The van der Waals surface area contributed by atoms with Gasteiger partial charge in [-0.25, -0.2) is 4.98 Å². The molecule has 0 radical (unpaired) electrons. The third kappa shape index (κ3) is 2.30. The first-order valence-electron chi connectivity index (χ1n) is 5.77. The molecule has 1 N–H and O–H groups in total. The van der Waals surface area contributed by atoms with Crippen LogP contribution in [0.15, 0.2) is 29.3 Å². The van der Waals surface area contributed by atoms with Gasteiger partial charge in [-0.2, -0.15) is 0 Å². The second-order valence-corrected chi connectivity index (χ2v) is 4.04. The van der Waals surface area contributed by atoms with E-state index in [4.69, 9.17) is 0 Å². The van der Waals surface area contributed by atoms with Crippen LogP contribution in [0.3, 0.4) is 0 Å².